The molecule has 0 radical (unpaired) electrons. The number of amides is 1. The number of carbonyl (C=O) groups is 4. The highest BCUT2D eigenvalue weighted by molar-refractivity contribution is 5.83. The fourth-order valence-electron chi connectivity index (χ4n) is 1.23. The lowest BCUT2D eigenvalue weighted by Crippen LogP contribution is -2.34. The van der Waals surface area contributed by atoms with E-state index in [1.165, 1.54) is 0 Å². The molecule has 0 aromatic rings. The van der Waals surface area contributed by atoms with E-state index in [9.17, 15) is 19.2 Å². The van der Waals surface area contributed by atoms with Crippen LogP contribution in [0.4, 0.5) is 0 Å². The van der Waals surface area contributed by atoms with Crippen molar-refractivity contribution in [1.82, 2.24) is 0 Å². The zero-order valence-corrected chi connectivity index (χ0v) is 16.5. The number of carbonyl (C=O) groups excluding carboxylic acids is 1. The third kappa shape index (κ3) is 23.0. The highest BCUT2D eigenvalue weighted by Gasteiger charge is 2.14. The minimum absolute atomic E-state index is 0.0129. The van der Waals surface area contributed by atoms with Crippen LogP contribution in [0.25, 0.3) is 0 Å². The van der Waals surface area contributed by atoms with Crippen molar-refractivity contribution in [3.63, 3.8) is 0 Å². The molecular weight excluding hydrogens is 390 g/mol. The average molecular weight is 423 g/mol. The van der Waals surface area contributed by atoms with E-state index >= 15 is 0 Å². The van der Waals surface area contributed by atoms with E-state index in [4.69, 9.17) is 44.0 Å². The number of aliphatic imine (C=N–C) groups is 1. The number of rotatable bonds is 10. The first-order chi connectivity index (χ1) is 13.1. The third-order valence-electron chi connectivity index (χ3n) is 3.03. The Balaban J connectivity index is -0.000000359. The lowest BCUT2D eigenvalue weighted by molar-refractivity contribution is -0.140. The number of carboxylic acids is 3. The summed E-state index contributed by atoms with van der Waals surface area (Å²) >= 11 is 0. The van der Waals surface area contributed by atoms with Crippen LogP contribution in [0.15, 0.2) is 4.99 Å². The van der Waals surface area contributed by atoms with Crippen molar-refractivity contribution in [2.45, 2.75) is 51.2 Å². The van der Waals surface area contributed by atoms with Crippen LogP contribution in [-0.2, 0) is 19.2 Å². The van der Waals surface area contributed by atoms with Crippen molar-refractivity contribution in [2.24, 2.45) is 45.3 Å². The molecule has 170 valence electrons. The number of guanidine groups is 1. The molecule has 29 heavy (non-hydrogen) atoms. The summed E-state index contributed by atoms with van der Waals surface area (Å²) in [6, 6.07) is -2.70. The number of aliphatic carboxylic acids is 3. The smallest absolute Gasteiger partial charge is 0.321 e. The van der Waals surface area contributed by atoms with Crippen molar-refractivity contribution < 1.29 is 34.5 Å². The Morgan fingerprint density at radius 1 is 0.828 bits per heavy atom. The van der Waals surface area contributed by atoms with Crippen LogP contribution < -0.4 is 34.4 Å². The van der Waals surface area contributed by atoms with Crippen molar-refractivity contribution >= 4 is 29.8 Å². The second-order valence-electron chi connectivity index (χ2n) is 6.12. The summed E-state index contributed by atoms with van der Waals surface area (Å²) in [5, 5.41) is 24.7. The monoisotopic (exact) mass is 423 g/mol. The van der Waals surface area contributed by atoms with E-state index in [2.05, 4.69) is 10.7 Å². The summed E-state index contributed by atoms with van der Waals surface area (Å²) in [4.78, 5) is 43.8. The van der Waals surface area contributed by atoms with E-state index < -0.39 is 41.9 Å². The standard InChI is InChI=1S/C6H14N4O2.C5H11NO2.C4H8N2O3/c7-4(5(11)12)2-1-3-10-6(8)9;1-3(2)4(6)5(7)8;5-2(4(8)9)1-3(6)7/h4H,1-3,7H2,(H,11,12)(H4,8,9,10);3-4H,6H2,1-2H3,(H,7,8);2H,1,5H2,(H2,6,7)(H,8,9)/t2*4-;2-/m000/s1. The van der Waals surface area contributed by atoms with Crippen molar-refractivity contribution in [3.8, 4) is 0 Å². The predicted octanol–water partition coefficient (Wildman–Crippen LogP) is -3.22. The summed E-state index contributed by atoms with van der Waals surface area (Å²) in [5.41, 5.74) is 30.0. The highest BCUT2D eigenvalue weighted by atomic mass is 16.4. The number of nitrogens with two attached hydrogens (primary N) is 6. The molecule has 3 atom stereocenters. The Labute approximate surface area is 168 Å². The highest BCUT2D eigenvalue weighted by Crippen LogP contribution is 1.96. The summed E-state index contributed by atoms with van der Waals surface area (Å²) in [7, 11) is 0. The Hall–Kier alpha value is -2.97. The minimum atomic E-state index is -1.21. The van der Waals surface area contributed by atoms with Crippen LogP contribution in [0.5, 0.6) is 0 Å². The normalized spacial score (nSPS) is 12.8. The molecule has 0 fully saturated rings. The zero-order chi connectivity index (χ0) is 23.7. The van der Waals surface area contributed by atoms with Crippen molar-refractivity contribution in [3.05, 3.63) is 0 Å². The van der Waals surface area contributed by atoms with Gasteiger partial charge in [0.15, 0.2) is 5.96 Å². The quantitative estimate of drug-likeness (QED) is 0.0951. The lowest BCUT2D eigenvalue weighted by atomic mass is 10.1. The Kier molecular flexibility index (Phi) is 18.2. The maximum absolute atomic E-state index is 10.2. The van der Waals surface area contributed by atoms with Gasteiger partial charge in [0.25, 0.3) is 0 Å². The molecule has 0 aliphatic carbocycles. The van der Waals surface area contributed by atoms with Crippen LogP contribution in [0.1, 0.15) is 33.1 Å². The molecule has 0 aliphatic rings. The van der Waals surface area contributed by atoms with E-state index in [-0.39, 0.29) is 18.3 Å². The fourth-order valence-corrected chi connectivity index (χ4v) is 1.23. The van der Waals surface area contributed by atoms with Crippen LogP contribution >= 0.6 is 0 Å². The van der Waals surface area contributed by atoms with E-state index in [0.717, 1.165) is 0 Å². The van der Waals surface area contributed by atoms with E-state index in [0.29, 0.717) is 19.4 Å². The molecule has 0 heterocycles. The van der Waals surface area contributed by atoms with Gasteiger partial charge in [-0.25, -0.2) is 0 Å². The first-order valence-corrected chi connectivity index (χ1v) is 8.42. The summed E-state index contributed by atoms with van der Waals surface area (Å²) in [6.45, 7) is 3.97. The number of hydrogen-bond donors (Lipinski definition) is 9. The number of nitrogens with zero attached hydrogens (tertiary/aromatic N) is 1. The van der Waals surface area contributed by atoms with Gasteiger partial charge in [0.05, 0.1) is 6.42 Å². The summed E-state index contributed by atoms with van der Waals surface area (Å²) in [6.07, 6.45) is 0.646. The first-order valence-electron chi connectivity index (χ1n) is 8.42. The second kappa shape index (κ2) is 17.2. The maximum Gasteiger partial charge on any atom is 0.321 e. The molecule has 14 nitrogen and oxygen atoms in total. The third-order valence-corrected chi connectivity index (χ3v) is 3.03. The van der Waals surface area contributed by atoms with Gasteiger partial charge >= 0.3 is 17.9 Å². The van der Waals surface area contributed by atoms with Crippen molar-refractivity contribution in [2.75, 3.05) is 6.54 Å². The van der Waals surface area contributed by atoms with Gasteiger partial charge in [-0.3, -0.25) is 24.2 Å². The molecule has 15 N–H and O–H groups in total. The molecular formula is C15H33N7O7. The Morgan fingerprint density at radius 3 is 1.48 bits per heavy atom. The van der Waals surface area contributed by atoms with E-state index in [1.54, 1.807) is 13.8 Å². The van der Waals surface area contributed by atoms with Gasteiger partial charge in [-0.1, -0.05) is 13.8 Å². The molecule has 0 aromatic heterocycles. The molecule has 0 saturated carbocycles. The molecule has 0 bridgehead atoms. The topological polar surface area (TPSA) is 297 Å². The van der Waals surface area contributed by atoms with Gasteiger partial charge in [0, 0.05) is 6.54 Å². The molecule has 0 unspecified atom stereocenters. The molecule has 0 aromatic carbocycles. The fraction of sp³-hybridized carbons (Fsp3) is 0.667. The number of hydrogen-bond acceptors (Lipinski definition) is 8. The molecule has 1 amide bonds. The summed E-state index contributed by atoms with van der Waals surface area (Å²) in [5.74, 6) is -3.82. The second-order valence-corrected chi connectivity index (χ2v) is 6.12. The van der Waals surface area contributed by atoms with E-state index in [1.807, 2.05) is 0 Å². The van der Waals surface area contributed by atoms with Crippen LogP contribution in [0.2, 0.25) is 0 Å². The first kappa shape index (κ1) is 30.7. The molecule has 0 saturated heterocycles. The lowest BCUT2D eigenvalue weighted by Gasteiger charge is -2.07. The molecule has 0 aliphatic heterocycles. The van der Waals surface area contributed by atoms with Crippen LogP contribution in [0, 0.1) is 5.92 Å². The number of primary amides is 1. The predicted molar refractivity (Wildman–Crippen MR) is 105 cm³/mol. The van der Waals surface area contributed by atoms with Gasteiger partial charge in [0.1, 0.15) is 18.1 Å². The summed E-state index contributed by atoms with van der Waals surface area (Å²) < 4.78 is 0. The minimum Gasteiger partial charge on any atom is -0.480 e. The SMILES string of the molecule is CC(C)[C@H](N)C(=O)O.NC(=O)C[C@H](N)C(=O)O.NC(N)=NCCC[C@H](N)C(=O)O. The van der Waals surface area contributed by atoms with Crippen molar-refractivity contribution in [1.29, 1.82) is 0 Å². The average Bonchev–Trinajstić information content (AvgIpc) is 2.57. The van der Waals surface area contributed by atoms with Gasteiger partial charge in [-0.05, 0) is 18.8 Å². The van der Waals surface area contributed by atoms with Crippen LogP contribution in [0.3, 0.4) is 0 Å². The largest absolute Gasteiger partial charge is 0.480 e. The van der Waals surface area contributed by atoms with Gasteiger partial charge in [-0.2, -0.15) is 0 Å². The molecule has 14 heteroatoms. The Morgan fingerprint density at radius 2 is 1.28 bits per heavy atom. The molecule has 0 rings (SSSR count). The zero-order valence-electron chi connectivity index (χ0n) is 16.5. The van der Waals surface area contributed by atoms with Crippen LogP contribution in [-0.4, -0.2) is 69.8 Å². The van der Waals surface area contributed by atoms with Gasteiger partial charge < -0.3 is 49.7 Å². The molecule has 0 spiro atoms. The Bertz CT molecular complexity index is 551. The number of carboxylic acid groups (broad SMARTS) is 3. The van der Waals surface area contributed by atoms with Gasteiger partial charge in [-0.15, -0.1) is 0 Å². The van der Waals surface area contributed by atoms with Gasteiger partial charge in [0.2, 0.25) is 5.91 Å². The maximum atomic E-state index is 10.2.